The van der Waals surface area contributed by atoms with E-state index in [9.17, 15) is 13.2 Å². The lowest BCUT2D eigenvalue weighted by molar-refractivity contribution is 0.0730. The largest absolute Gasteiger partial charge is 0.496 e. The van der Waals surface area contributed by atoms with Gasteiger partial charge in [-0.05, 0) is 43.5 Å². The van der Waals surface area contributed by atoms with Crippen LogP contribution in [0.15, 0.2) is 53.4 Å². The fourth-order valence-corrected chi connectivity index (χ4v) is 4.80. The van der Waals surface area contributed by atoms with E-state index >= 15 is 0 Å². The number of ether oxygens (including phenoxy) is 2. The number of hydrogen-bond acceptors (Lipinski definition) is 5. The smallest absolute Gasteiger partial charge is 0.255 e. The van der Waals surface area contributed by atoms with Crippen LogP contribution in [0, 0.1) is 0 Å². The third kappa shape index (κ3) is 5.38. The highest BCUT2D eigenvalue weighted by Gasteiger charge is 2.28. The van der Waals surface area contributed by atoms with Crippen molar-refractivity contribution < 1.29 is 22.7 Å². The number of nitrogens with zero attached hydrogens (tertiary/aromatic N) is 1. The Hall–Kier alpha value is -2.42. The summed E-state index contributed by atoms with van der Waals surface area (Å²) in [4.78, 5) is 13.0. The summed E-state index contributed by atoms with van der Waals surface area (Å²) >= 11 is 0. The Labute approximate surface area is 178 Å². The number of rotatable bonds is 8. The molecule has 7 nitrogen and oxygen atoms in total. The van der Waals surface area contributed by atoms with Gasteiger partial charge >= 0.3 is 0 Å². The minimum Gasteiger partial charge on any atom is -0.496 e. The number of aryl methyl sites for hydroxylation is 1. The molecule has 3 rings (SSSR count). The summed E-state index contributed by atoms with van der Waals surface area (Å²) < 4.78 is 37.8. The Morgan fingerprint density at radius 3 is 2.53 bits per heavy atom. The van der Waals surface area contributed by atoms with E-state index in [1.54, 1.807) is 0 Å². The van der Waals surface area contributed by atoms with Crippen LogP contribution in [0.1, 0.15) is 29.3 Å². The lowest BCUT2D eigenvalue weighted by atomic mass is 10.1. The van der Waals surface area contributed by atoms with E-state index in [4.69, 9.17) is 9.47 Å². The molecule has 0 aromatic heterocycles. The van der Waals surface area contributed by atoms with E-state index in [1.165, 1.54) is 35.2 Å². The van der Waals surface area contributed by atoms with Crippen molar-refractivity contribution in [1.82, 2.24) is 9.62 Å². The molecule has 1 atom stereocenters. The molecular formula is C22H28N2O5S. The number of amides is 1. The Morgan fingerprint density at radius 1 is 1.17 bits per heavy atom. The molecular weight excluding hydrogens is 404 g/mol. The van der Waals surface area contributed by atoms with Crippen LogP contribution in [0.25, 0.3) is 0 Å². The molecule has 2 aromatic rings. The first-order valence-corrected chi connectivity index (χ1v) is 11.5. The van der Waals surface area contributed by atoms with Crippen LogP contribution < -0.4 is 10.1 Å². The number of morpholine rings is 1. The summed E-state index contributed by atoms with van der Waals surface area (Å²) in [6.45, 7) is 3.25. The van der Waals surface area contributed by atoms with E-state index < -0.39 is 10.0 Å². The van der Waals surface area contributed by atoms with Crippen molar-refractivity contribution >= 4 is 15.9 Å². The van der Waals surface area contributed by atoms with Gasteiger partial charge in [0.1, 0.15) is 5.75 Å². The summed E-state index contributed by atoms with van der Waals surface area (Å²) in [5, 5.41) is 2.95. The molecule has 0 bridgehead atoms. The molecule has 8 heteroatoms. The van der Waals surface area contributed by atoms with E-state index in [-0.39, 0.29) is 22.4 Å². The van der Waals surface area contributed by atoms with Gasteiger partial charge in [0.15, 0.2) is 0 Å². The number of sulfonamides is 1. The first kappa shape index (κ1) is 22.3. The Balaban J connectivity index is 1.73. The summed E-state index contributed by atoms with van der Waals surface area (Å²) in [6, 6.07) is 14.4. The van der Waals surface area contributed by atoms with Gasteiger partial charge in [-0.3, -0.25) is 4.79 Å². The SMILES string of the molecule is COc1ccc(S(=O)(=O)N2CCOCC2)cc1C(=O)N[C@H](C)CCc1ccccc1. The van der Waals surface area contributed by atoms with Crippen LogP contribution in [-0.2, 0) is 21.2 Å². The molecule has 1 N–H and O–H groups in total. The van der Waals surface area contributed by atoms with Crippen molar-refractivity contribution in [2.24, 2.45) is 0 Å². The van der Waals surface area contributed by atoms with Crippen molar-refractivity contribution in [3.63, 3.8) is 0 Å². The highest BCUT2D eigenvalue weighted by molar-refractivity contribution is 7.89. The molecule has 0 unspecified atom stereocenters. The highest BCUT2D eigenvalue weighted by atomic mass is 32.2. The van der Waals surface area contributed by atoms with Gasteiger partial charge < -0.3 is 14.8 Å². The predicted molar refractivity (Wildman–Crippen MR) is 114 cm³/mol. The number of benzene rings is 2. The molecule has 0 aliphatic carbocycles. The fraction of sp³-hybridized carbons (Fsp3) is 0.409. The lowest BCUT2D eigenvalue weighted by Crippen LogP contribution is -2.40. The van der Waals surface area contributed by atoms with Crippen LogP contribution in [0.5, 0.6) is 5.75 Å². The van der Waals surface area contributed by atoms with Crippen LogP contribution in [0.3, 0.4) is 0 Å². The van der Waals surface area contributed by atoms with Gasteiger partial charge in [0.05, 0.1) is 30.8 Å². The van der Waals surface area contributed by atoms with Crippen LogP contribution >= 0.6 is 0 Å². The van der Waals surface area contributed by atoms with Crippen LogP contribution in [0.2, 0.25) is 0 Å². The molecule has 1 amide bonds. The number of nitrogens with one attached hydrogen (secondary N) is 1. The van der Waals surface area contributed by atoms with Crippen LogP contribution in [-0.4, -0.2) is 58.1 Å². The lowest BCUT2D eigenvalue weighted by Gasteiger charge is -2.26. The van der Waals surface area contributed by atoms with Crippen molar-refractivity contribution in [2.75, 3.05) is 33.4 Å². The second-order valence-electron chi connectivity index (χ2n) is 7.28. The fourth-order valence-electron chi connectivity index (χ4n) is 3.36. The molecule has 0 saturated carbocycles. The highest BCUT2D eigenvalue weighted by Crippen LogP contribution is 2.25. The van der Waals surface area contributed by atoms with E-state index in [2.05, 4.69) is 17.4 Å². The monoisotopic (exact) mass is 432 g/mol. The van der Waals surface area contributed by atoms with Gasteiger partial charge in [-0.1, -0.05) is 30.3 Å². The number of hydrogen-bond donors (Lipinski definition) is 1. The summed E-state index contributed by atoms with van der Waals surface area (Å²) in [7, 11) is -2.24. The van der Waals surface area contributed by atoms with E-state index in [0.29, 0.717) is 32.1 Å². The number of carbonyl (C=O) groups is 1. The van der Waals surface area contributed by atoms with Crippen molar-refractivity contribution in [2.45, 2.75) is 30.7 Å². The molecule has 1 aliphatic heterocycles. The molecule has 2 aromatic carbocycles. The maximum Gasteiger partial charge on any atom is 0.255 e. The minimum atomic E-state index is -3.70. The zero-order valence-electron chi connectivity index (χ0n) is 17.3. The average molecular weight is 433 g/mol. The quantitative estimate of drug-likeness (QED) is 0.693. The number of methoxy groups -OCH3 is 1. The van der Waals surface area contributed by atoms with Gasteiger partial charge in [-0.2, -0.15) is 4.31 Å². The Kier molecular flexibility index (Phi) is 7.47. The van der Waals surface area contributed by atoms with Gasteiger partial charge in [0, 0.05) is 19.1 Å². The summed E-state index contributed by atoms with van der Waals surface area (Å²) in [6.07, 6.45) is 1.61. The van der Waals surface area contributed by atoms with E-state index in [1.807, 2.05) is 25.1 Å². The topological polar surface area (TPSA) is 84.9 Å². The Morgan fingerprint density at radius 2 is 1.87 bits per heavy atom. The second-order valence-corrected chi connectivity index (χ2v) is 9.22. The maximum atomic E-state index is 12.9. The van der Waals surface area contributed by atoms with Gasteiger partial charge in [0.2, 0.25) is 10.0 Å². The van der Waals surface area contributed by atoms with Crippen molar-refractivity contribution in [3.8, 4) is 5.75 Å². The summed E-state index contributed by atoms with van der Waals surface area (Å²) in [5.74, 6) is -0.0184. The molecule has 1 heterocycles. The number of carbonyl (C=O) groups excluding carboxylic acids is 1. The maximum absolute atomic E-state index is 12.9. The molecule has 0 spiro atoms. The second kappa shape index (κ2) is 10.1. The van der Waals surface area contributed by atoms with Crippen molar-refractivity contribution in [3.05, 3.63) is 59.7 Å². The van der Waals surface area contributed by atoms with Gasteiger partial charge in [-0.25, -0.2) is 8.42 Å². The third-order valence-electron chi connectivity index (χ3n) is 5.11. The molecule has 162 valence electrons. The first-order valence-electron chi connectivity index (χ1n) is 10.0. The Bertz CT molecular complexity index is 957. The molecule has 1 saturated heterocycles. The van der Waals surface area contributed by atoms with Crippen LogP contribution in [0.4, 0.5) is 0 Å². The zero-order chi connectivity index (χ0) is 21.6. The molecule has 30 heavy (non-hydrogen) atoms. The predicted octanol–water partition coefficient (Wildman–Crippen LogP) is 2.47. The van der Waals surface area contributed by atoms with Crippen molar-refractivity contribution in [1.29, 1.82) is 0 Å². The minimum absolute atomic E-state index is 0.0762. The normalized spacial score (nSPS) is 16.1. The molecule has 0 radical (unpaired) electrons. The average Bonchev–Trinajstić information content (AvgIpc) is 2.78. The standard InChI is InChI=1S/C22H28N2O5S/c1-17(8-9-18-6-4-3-5-7-18)23-22(25)20-16-19(10-11-21(20)28-2)30(26,27)24-12-14-29-15-13-24/h3-7,10-11,16-17H,8-9,12-15H2,1-2H3,(H,23,25)/t17-/m1/s1. The summed E-state index contributed by atoms with van der Waals surface area (Å²) in [5.41, 5.74) is 1.41. The van der Waals surface area contributed by atoms with Gasteiger partial charge in [-0.15, -0.1) is 0 Å². The molecule has 1 aliphatic rings. The zero-order valence-corrected chi connectivity index (χ0v) is 18.2. The third-order valence-corrected chi connectivity index (χ3v) is 7.00. The molecule has 1 fully saturated rings. The van der Waals surface area contributed by atoms with Gasteiger partial charge in [0.25, 0.3) is 5.91 Å². The first-order chi connectivity index (χ1) is 14.4. The van der Waals surface area contributed by atoms with E-state index in [0.717, 1.165) is 12.8 Å².